The lowest BCUT2D eigenvalue weighted by Crippen LogP contribution is -2.41. The zero-order valence-electron chi connectivity index (χ0n) is 19.3. The van der Waals surface area contributed by atoms with Crippen molar-refractivity contribution in [3.05, 3.63) is 29.8 Å². The van der Waals surface area contributed by atoms with Gasteiger partial charge in [-0.3, -0.25) is 0 Å². The second-order valence-electron chi connectivity index (χ2n) is 8.12. The first-order valence-electron chi connectivity index (χ1n) is 11.2. The third kappa shape index (κ3) is 10.3. The zero-order valence-corrected chi connectivity index (χ0v) is 21.7. The highest BCUT2D eigenvalue weighted by Crippen LogP contribution is 2.19. The van der Waals surface area contributed by atoms with E-state index in [4.69, 9.17) is 9.73 Å². The fourth-order valence-electron chi connectivity index (χ4n) is 3.60. The van der Waals surface area contributed by atoms with Crippen molar-refractivity contribution >= 4 is 29.9 Å². The van der Waals surface area contributed by atoms with Gasteiger partial charge in [-0.2, -0.15) is 0 Å². The summed E-state index contributed by atoms with van der Waals surface area (Å²) in [5, 5.41) is 6.84. The molecule has 0 bridgehead atoms. The normalized spacial score (nSPS) is 17.5. The molecule has 0 aliphatic carbocycles. The van der Waals surface area contributed by atoms with Crippen molar-refractivity contribution in [3.8, 4) is 5.75 Å². The van der Waals surface area contributed by atoms with Gasteiger partial charge in [0.2, 0.25) is 0 Å². The maximum Gasteiger partial charge on any atom is 0.191 e. The minimum atomic E-state index is 0. The summed E-state index contributed by atoms with van der Waals surface area (Å²) in [7, 11) is 4.11. The number of likely N-dealkylation sites (tertiary alicyclic amines) is 1. The first-order valence-corrected chi connectivity index (χ1v) is 11.2. The summed E-state index contributed by atoms with van der Waals surface area (Å²) in [5.41, 5.74) is 1.12. The molecule has 172 valence electrons. The molecule has 1 saturated heterocycles. The Bertz CT molecular complexity index is 611. The number of piperidine rings is 1. The first kappa shape index (κ1) is 27.0. The Labute approximate surface area is 200 Å². The molecule has 0 aromatic heterocycles. The van der Waals surface area contributed by atoms with Crippen LogP contribution in [-0.2, 0) is 6.54 Å². The molecule has 1 aliphatic rings. The molecule has 2 rings (SSSR count). The number of likely N-dealkylation sites (N-methyl/N-ethyl adjacent to an activating group) is 1. The number of hydrogen-bond acceptors (Lipinski definition) is 4. The number of hydrogen-bond donors (Lipinski definition) is 2. The van der Waals surface area contributed by atoms with Crippen LogP contribution in [0.15, 0.2) is 29.3 Å². The van der Waals surface area contributed by atoms with Gasteiger partial charge >= 0.3 is 0 Å². The van der Waals surface area contributed by atoms with Crippen LogP contribution in [0.2, 0.25) is 0 Å². The van der Waals surface area contributed by atoms with E-state index >= 15 is 0 Å². The molecule has 1 fully saturated rings. The maximum atomic E-state index is 5.96. The van der Waals surface area contributed by atoms with Crippen molar-refractivity contribution in [2.75, 3.05) is 53.4 Å². The minimum absolute atomic E-state index is 0. The predicted octanol–water partition coefficient (Wildman–Crippen LogP) is 3.56. The van der Waals surface area contributed by atoms with E-state index in [1.165, 1.54) is 25.8 Å². The lowest BCUT2D eigenvalue weighted by Gasteiger charge is -2.33. The molecule has 1 heterocycles. The number of nitrogens with zero attached hydrogens (tertiary/aromatic N) is 3. The zero-order chi connectivity index (χ0) is 20.9. The molecule has 0 spiro atoms. The van der Waals surface area contributed by atoms with Crippen molar-refractivity contribution in [3.63, 3.8) is 0 Å². The Morgan fingerprint density at radius 2 is 2.03 bits per heavy atom. The van der Waals surface area contributed by atoms with Crippen molar-refractivity contribution in [2.24, 2.45) is 4.99 Å². The van der Waals surface area contributed by atoms with Gasteiger partial charge in [0, 0.05) is 37.8 Å². The summed E-state index contributed by atoms with van der Waals surface area (Å²) in [4.78, 5) is 9.52. The lowest BCUT2D eigenvalue weighted by atomic mass is 10.0. The van der Waals surface area contributed by atoms with Crippen LogP contribution in [0.3, 0.4) is 0 Å². The van der Waals surface area contributed by atoms with E-state index in [1.54, 1.807) is 0 Å². The number of aliphatic imine (C=N–C) groups is 1. The summed E-state index contributed by atoms with van der Waals surface area (Å²) >= 11 is 0. The average Bonchev–Trinajstić information content (AvgIpc) is 2.71. The van der Waals surface area contributed by atoms with Gasteiger partial charge in [0.05, 0.1) is 6.54 Å². The number of halogens is 1. The number of guanidine groups is 1. The lowest BCUT2D eigenvalue weighted by molar-refractivity contribution is 0.159. The van der Waals surface area contributed by atoms with Crippen LogP contribution < -0.4 is 15.4 Å². The molecule has 2 N–H and O–H groups in total. The van der Waals surface area contributed by atoms with Gasteiger partial charge in [0.25, 0.3) is 0 Å². The molecule has 30 heavy (non-hydrogen) atoms. The molecule has 0 radical (unpaired) electrons. The quantitative estimate of drug-likeness (QED) is 0.198. The fourth-order valence-corrected chi connectivity index (χ4v) is 3.60. The highest BCUT2D eigenvalue weighted by Gasteiger charge is 2.17. The average molecular weight is 532 g/mol. The topological polar surface area (TPSA) is 52.1 Å². The molecule has 0 saturated carbocycles. The van der Waals surface area contributed by atoms with Crippen molar-refractivity contribution in [2.45, 2.75) is 52.1 Å². The van der Waals surface area contributed by atoms with Crippen molar-refractivity contribution < 1.29 is 4.74 Å². The van der Waals surface area contributed by atoms with Gasteiger partial charge in [0.15, 0.2) is 5.96 Å². The highest BCUT2D eigenvalue weighted by molar-refractivity contribution is 14.0. The number of benzene rings is 1. The Morgan fingerprint density at radius 1 is 1.23 bits per heavy atom. The molecule has 1 atom stereocenters. The fraction of sp³-hybridized carbons (Fsp3) is 0.696. The van der Waals surface area contributed by atoms with Crippen LogP contribution in [0.5, 0.6) is 5.75 Å². The van der Waals surface area contributed by atoms with E-state index in [0.717, 1.165) is 55.9 Å². The largest absolute Gasteiger partial charge is 0.492 e. The number of rotatable bonds is 11. The Hall–Kier alpha value is -1.06. The summed E-state index contributed by atoms with van der Waals surface area (Å²) < 4.78 is 5.96. The molecule has 1 unspecified atom stereocenters. The Kier molecular flexibility index (Phi) is 14.1. The van der Waals surface area contributed by atoms with Gasteiger partial charge in [-0.05, 0) is 59.8 Å². The molecule has 1 aromatic carbocycles. The third-order valence-electron chi connectivity index (χ3n) is 5.38. The first-order chi connectivity index (χ1) is 14.1. The highest BCUT2D eigenvalue weighted by atomic mass is 127. The van der Waals surface area contributed by atoms with Crippen LogP contribution in [0, 0.1) is 0 Å². The van der Waals surface area contributed by atoms with Crippen LogP contribution in [0.4, 0.5) is 0 Å². The summed E-state index contributed by atoms with van der Waals surface area (Å²) in [5.74, 6) is 1.80. The molecule has 7 heteroatoms. The summed E-state index contributed by atoms with van der Waals surface area (Å²) in [6, 6.07) is 8.92. The van der Waals surface area contributed by atoms with Gasteiger partial charge in [-0.1, -0.05) is 24.6 Å². The molecule has 1 aliphatic heterocycles. The minimum Gasteiger partial charge on any atom is -0.492 e. The second-order valence-corrected chi connectivity index (χ2v) is 8.12. The number of ether oxygens (including phenoxy) is 1. The third-order valence-corrected chi connectivity index (χ3v) is 5.38. The van der Waals surface area contributed by atoms with E-state index in [2.05, 4.69) is 54.4 Å². The standard InChI is InChI=1S/C23H41N5O.HI/c1-5-24-23(25-14-10-16-28-15-9-8-11-20(28)2)26-19-21-12-6-7-13-22(21)29-18-17-27(3)4;/h6-7,12-13,20H,5,8-11,14-19H2,1-4H3,(H2,24,25,26);1H. The second kappa shape index (κ2) is 15.7. The van der Waals surface area contributed by atoms with Gasteiger partial charge < -0.3 is 25.2 Å². The monoisotopic (exact) mass is 531 g/mol. The van der Waals surface area contributed by atoms with E-state index in [1.807, 2.05) is 18.2 Å². The Balaban J connectivity index is 0.00000450. The molecular formula is C23H42IN5O. The Morgan fingerprint density at radius 3 is 2.77 bits per heavy atom. The predicted molar refractivity (Wildman–Crippen MR) is 138 cm³/mol. The van der Waals surface area contributed by atoms with Gasteiger partial charge in [0.1, 0.15) is 12.4 Å². The molecule has 1 aromatic rings. The smallest absolute Gasteiger partial charge is 0.191 e. The summed E-state index contributed by atoms with van der Waals surface area (Å²) in [6.45, 7) is 10.9. The van der Waals surface area contributed by atoms with Crippen LogP contribution in [0.1, 0.15) is 45.1 Å². The number of nitrogens with one attached hydrogen (secondary N) is 2. The molecule has 6 nitrogen and oxygen atoms in total. The van der Waals surface area contributed by atoms with E-state index < -0.39 is 0 Å². The summed E-state index contributed by atoms with van der Waals surface area (Å²) in [6.07, 6.45) is 5.21. The van der Waals surface area contributed by atoms with Crippen LogP contribution in [-0.4, -0.2) is 75.2 Å². The SMILES string of the molecule is CCNC(=NCc1ccccc1OCCN(C)C)NCCCN1CCCCC1C.I. The van der Waals surface area contributed by atoms with Crippen LogP contribution >= 0.6 is 24.0 Å². The number of para-hydroxylation sites is 1. The van der Waals surface area contributed by atoms with E-state index in [9.17, 15) is 0 Å². The van der Waals surface area contributed by atoms with Gasteiger partial charge in [-0.15, -0.1) is 24.0 Å². The van der Waals surface area contributed by atoms with Gasteiger partial charge in [-0.25, -0.2) is 4.99 Å². The van der Waals surface area contributed by atoms with Crippen LogP contribution in [0.25, 0.3) is 0 Å². The van der Waals surface area contributed by atoms with E-state index in [0.29, 0.717) is 13.2 Å². The van der Waals surface area contributed by atoms with Crippen molar-refractivity contribution in [1.82, 2.24) is 20.4 Å². The van der Waals surface area contributed by atoms with Crippen molar-refractivity contribution in [1.29, 1.82) is 0 Å². The maximum absolute atomic E-state index is 5.96. The van der Waals surface area contributed by atoms with E-state index in [-0.39, 0.29) is 24.0 Å². The molecule has 0 amide bonds. The molecular weight excluding hydrogens is 489 g/mol.